The third kappa shape index (κ3) is 6.36. The van der Waals surface area contributed by atoms with Crippen LogP contribution in [0.3, 0.4) is 0 Å². The first-order valence-corrected chi connectivity index (χ1v) is 8.23. The number of amides is 2. The first kappa shape index (κ1) is 17.8. The molecule has 2 amide bonds. The van der Waals surface area contributed by atoms with Crippen LogP contribution in [0.25, 0.3) is 0 Å². The highest BCUT2D eigenvalue weighted by molar-refractivity contribution is 5.76. The van der Waals surface area contributed by atoms with Crippen molar-refractivity contribution in [2.45, 2.75) is 77.8 Å². The molecule has 0 spiro atoms. The molecule has 1 aliphatic carbocycles. The van der Waals surface area contributed by atoms with Gasteiger partial charge in [-0.2, -0.15) is 0 Å². The van der Waals surface area contributed by atoms with Crippen LogP contribution < -0.4 is 5.32 Å². The third-order valence-corrected chi connectivity index (χ3v) is 4.22. The summed E-state index contributed by atoms with van der Waals surface area (Å²) in [5, 5.41) is 11.8. The molecule has 0 aromatic carbocycles. The number of rotatable bonds is 8. The molecule has 5 nitrogen and oxygen atoms in total. The van der Waals surface area contributed by atoms with Crippen LogP contribution in [-0.4, -0.2) is 40.6 Å². The van der Waals surface area contributed by atoms with Gasteiger partial charge in [-0.1, -0.05) is 33.6 Å². The van der Waals surface area contributed by atoms with Crippen molar-refractivity contribution >= 4 is 12.0 Å². The highest BCUT2D eigenvalue weighted by atomic mass is 16.4. The molecule has 1 fully saturated rings. The molecule has 1 saturated carbocycles. The minimum Gasteiger partial charge on any atom is -0.481 e. The molecule has 0 saturated heterocycles. The number of carboxylic acid groups (broad SMARTS) is 1. The van der Waals surface area contributed by atoms with Crippen LogP contribution in [0.1, 0.15) is 65.7 Å². The molecular formula is C16H30N2O3. The van der Waals surface area contributed by atoms with Crippen LogP contribution in [0, 0.1) is 5.92 Å². The second-order valence-electron chi connectivity index (χ2n) is 6.47. The van der Waals surface area contributed by atoms with Gasteiger partial charge in [0, 0.05) is 18.6 Å². The Morgan fingerprint density at radius 1 is 1.29 bits per heavy atom. The van der Waals surface area contributed by atoms with Gasteiger partial charge in [0.2, 0.25) is 0 Å². The summed E-state index contributed by atoms with van der Waals surface area (Å²) in [6, 6.07) is -0.0420. The summed E-state index contributed by atoms with van der Waals surface area (Å²) in [7, 11) is 0. The van der Waals surface area contributed by atoms with Gasteiger partial charge in [0.05, 0.1) is 6.42 Å². The summed E-state index contributed by atoms with van der Waals surface area (Å²) in [5.41, 5.74) is 0. The quantitative estimate of drug-likeness (QED) is 0.722. The highest BCUT2D eigenvalue weighted by Gasteiger charge is 2.27. The number of carbonyl (C=O) groups excluding carboxylic acids is 1. The number of nitrogens with zero attached hydrogens (tertiary/aromatic N) is 1. The van der Waals surface area contributed by atoms with Gasteiger partial charge in [0.15, 0.2) is 0 Å². The summed E-state index contributed by atoms with van der Waals surface area (Å²) in [6.07, 6.45) is 6.12. The molecule has 1 aliphatic rings. The van der Waals surface area contributed by atoms with E-state index >= 15 is 0 Å². The maximum atomic E-state index is 12.5. The summed E-state index contributed by atoms with van der Waals surface area (Å²) < 4.78 is 0. The molecule has 0 bridgehead atoms. The zero-order valence-corrected chi connectivity index (χ0v) is 13.6. The van der Waals surface area contributed by atoms with Crippen LogP contribution in [0.5, 0.6) is 0 Å². The first-order chi connectivity index (χ1) is 9.93. The van der Waals surface area contributed by atoms with Gasteiger partial charge in [0.1, 0.15) is 0 Å². The molecule has 122 valence electrons. The minimum absolute atomic E-state index is 0.00900. The van der Waals surface area contributed by atoms with E-state index in [0.717, 1.165) is 25.8 Å². The fourth-order valence-corrected chi connectivity index (χ4v) is 2.83. The van der Waals surface area contributed by atoms with Crippen molar-refractivity contribution in [3.8, 4) is 0 Å². The Bertz CT molecular complexity index is 338. The smallest absolute Gasteiger partial charge is 0.317 e. The van der Waals surface area contributed by atoms with E-state index in [1.54, 1.807) is 0 Å². The maximum absolute atomic E-state index is 12.5. The molecule has 0 aromatic heterocycles. The van der Waals surface area contributed by atoms with Gasteiger partial charge in [-0.3, -0.25) is 4.79 Å². The molecule has 1 rings (SSSR count). The van der Waals surface area contributed by atoms with Crippen LogP contribution in [0.4, 0.5) is 4.79 Å². The first-order valence-electron chi connectivity index (χ1n) is 8.23. The van der Waals surface area contributed by atoms with Crippen LogP contribution in [-0.2, 0) is 4.79 Å². The van der Waals surface area contributed by atoms with Crippen molar-refractivity contribution in [2.24, 2.45) is 5.92 Å². The van der Waals surface area contributed by atoms with E-state index in [0.29, 0.717) is 18.4 Å². The predicted octanol–water partition coefficient (Wildman–Crippen LogP) is 3.24. The highest BCUT2D eigenvalue weighted by Crippen LogP contribution is 2.24. The lowest BCUT2D eigenvalue weighted by Gasteiger charge is -2.31. The predicted molar refractivity (Wildman–Crippen MR) is 83.3 cm³/mol. The molecule has 2 N–H and O–H groups in total. The third-order valence-electron chi connectivity index (χ3n) is 4.22. The van der Waals surface area contributed by atoms with Crippen molar-refractivity contribution in [3.63, 3.8) is 0 Å². The topological polar surface area (TPSA) is 69.6 Å². The molecular weight excluding hydrogens is 268 g/mol. The number of urea groups is 1. The molecule has 5 heteroatoms. The molecule has 0 aliphatic heterocycles. The lowest BCUT2D eigenvalue weighted by molar-refractivity contribution is -0.137. The zero-order valence-electron chi connectivity index (χ0n) is 13.6. The number of nitrogens with one attached hydrogen (secondary N) is 1. The van der Waals surface area contributed by atoms with Crippen LogP contribution in [0.2, 0.25) is 0 Å². The van der Waals surface area contributed by atoms with Crippen molar-refractivity contribution in [2.75, 3.05) is 6.54 Å². The van der Waals surface area contributed by atoms with Gasteiger partial charge in [-0.05, 0) is 31.6 Å². The Hall–Kier alpha value is -1.26. The lowest BCUT2D eigenvalue weighted by atomic mass is 10.1. The molecule has 1 unspecified atom stereocenters. The van der Waals surface area contributed by atoms with E-state index in [4.69, 9.17) is 5.11 Å². The second kappa shape index (κ2) is 8.90. The van der Waals surface area contributed by atoms with Gasteiger partial charge in [-0.15, -0.1) is 0 Å². The van der Waals surface area contributed by atoms with E-state index in [9.17, 15) is 9.59 Å². The average molecular weight is 298 g/mol. The largest absolute Gasteiger partial charge is 0.481 e. The summed E-state index contributed by atoms with van der Waals surface area (Å²) >= 11 is 0. The molecule has 0 aromatic rings. The molecule has 21 heavy (non-hydrogen) atoms. The Kier molecular flexibility index (Phi) is 7.54. The summed E-state index contributed by atoms with van der Waals surface area (Å²) in [4.78, 5) is 25.3. The van der Waals surface area contributed by atoms with Gasteiger partial charge in [-0.25, -0.2) is 4.79 Å². The van der Waals surface area contributed by atoms with Crippen LogP contribution in [0.15, 0.2) is 0 Å². The lowest BCUT2D eigenvalue weighted by Crippen LogP contribution is -2.49. The van der Waals surface area contributed by atoms with E-state index in [-0.39, 0.29) is 18.5 Å². The van der Waals surface area contributed by atoms with Crippen molar-refractivity contribution in [1.29, 1.82) is 0 Å². The Morgan fingerprint density at radius 2 is 1.90 bits per heavy atom. The van der Waals surface area contributed by atoms with E-state index in [1.807, 2.05) is 11.8 Å². The number of aliphatic carboxylic acids is 1. The fraction of sp³-hybridized carbons (Fsp3) is 0.875. The number of hydrogen-bond acceptors (Lipinski definition) is 2. The monoisotopic (exact) mass is 298 g/mol. The fourth-order valence-electron chi connectivity index (χ4n) is 2.83. The number of carbonyl (C=O) groups is 2. The number of carboxylic acids is 1. The zero-order chi connectivity index (χ0) is 15.8. The van der Waals surface area contributed by atoms with E-state index in [1.165, 1.54) is 12.8 Å². The van der Waals surface area contributed by atoms with Crippen LogP contribution >= 0.6 is 0 Å². The minimum atomic E-state index is -0.864. The summed E-state index contributed by atoms with van der Waals surface area (Å²) in [6.45, 7) is 6.98. The van der Waals surface area contributed by atoms with Gasteiger partial charge in [0.25, 0.3) is 0 Å². The van der Waals surface area contributed by atoms with Gasteiger partial charge >= 0.3 is 12.0 Å². The molecule has 1 atom stereocenters. The van der Waals surface area contributed by atoms with Crippen molar-refractivity contribution in [1.82, 2.24) is 10.2 Å². The maximum Gasteiger partial charge on any atom is 0.317 e. The van der Waals surface area contributed by atoms with Crippen molar-refractivity contribution in [3.05, 3.63) is 0 Å². The Labute approximate surface area is 128 Å². The SMILES string of the molecule is CCC(CC(=O)O)NC(=O)N(CCC(C)C)C1CCCC1. The Balaban J connectivity index is 2.62. The number of hydrogen-bond donors (Lipinski definition) is 2. The standard InChI is InChI=1S/C16H30N2O3/c1-4-13(11-15(19)20)17-16(21)18(10-9-12(2)3)14-7-5-6-8-14/h12-14H,4-11H2,1-3H3,(H,17,21)(H,19,20). The Morgan fingerprint density at radius 3 is 2.38 bits per heavy atom. The van der Waals surface area contributed by atoms with E-state index < -0.39 is 5.97 Å². The summed E-state index contributed by atoms with van der Waals surface area (Å²) in [5.74, 6) is -0.306. The molecule has 0 heterocycles. The van der Waals surface area contributed by atoms with Gasteiger partial charge < -0.3 is 15.3 Å². The molecule has 0 radical (unpaired) electrons. The van der Waals surface area contributed by atoms with E-state index in [2.05, 4.69) is 19.2 Å². The second-order valence-corrected chi connectivity index (χ2v) is 6.47. The normalized spacial score (nSPS) is 17.0. The van der Waals surface area contributed by atoms with Crippen molar-refractivity contribution < 1.29 is 14.7 Å². The average Bonchev–Trinajstić information content (AvgIpc) is 2.91.